The quantitative estimate of drug-likeness (QED) is 0.672. The molecule has 1 aliphatic rings. The smallest absolute Gasteiger partial charge is 0.220 e. The maximum absolute atomic E-state index is 11.7. The van der Waals surface area contributed by atoms with Crippen LogP contribution in [0.2, 0.25) is 0 Å². The van der Waals surface area contributed by atoms with E-state index in [4.69, 9.17) is 4.74 Å². The molecule has 2 rings (SSSR count). The third-order valence-corrected chi connectivity index (χ3v) is 4.87. The Hall–Kier alpha value is -1.31. The van der Waals surface area contributed by atoms with Crippen LogP contribution in [0.1, 0.15) is 25.7 Å². The zero-order valence-corrected chi connectivity index (χ0v) is 15.4. The van der Waals surface area contributed by atoms with Crippen molar-refractivity contribution in [3.63, 3.8) is 0 Å². The Labute approximate surface area is 149 Å². The second kappa shape index (κ2) is 9.86. The van der Waals surface area contributed by atoms with Crippen molar-refractivity contribution >= 4 is 28.2 Å². The topological polar surface area (TPSA) is 84.5 Å². The zero-order valence-electron chi connectivity index (χ0n) is 13.8. The van der Waals surface area contributed by atoms with Gasteiger partial charge in [-0.15, -0.1) is 12.4 Å². The van der Waals surface area contributed by atoms with Gasteiger partial charge < -0.3 is 15.4 Å². The number of amides is 1. The molecular formula is C16H25ClN2O4S. The van der Waals surface area contributed by atoms with E-state index in [-0.39, 0.29) is 29.3 Å². The predicted molar refractivity (Wildman–Crippen MR) is 95.6 cm³/mol. The number of sulfone groups is 1. The maximum Gasteiger partial charge on any atom is 0.220 e. The summed E-state index contributed by atoms with van der Waals surface area (Å²) < 4.78 is 28.2. The van der Waals surface area contributed by atoms with E-state index in [9.17, 15) is 13.2 Å². The molecule has 136 valence electrons. The molecular weight excluding hydrogens is 352 g/mol. The van der Waals surface area contributed by atoms with Gasteiger partial charge in [0.15, 0.2) is 9.84 Å². The minimum atomic E-state index is -3.17. The van der Waals surface area contributed by atoms with E-state index < -0.39 is 9.84 Å². The first-order valence-corrected chi connectivity index (χ1v) is 9.77. The van der Waals surface area contributed by atoms with Gasteiger partial charge in [-0.1, -0.05) is 0 Å². The van der Waals surface area contributed by atoms with Gasteiger partial charge in [0.1, 0.15) is 5.75 Å². The van der Waals surface area contributed by atoms with Gasteiger partial charge in [0, 0.05) is 25.3 Å². The normalized spacial score (nSPS) is 17.1. The lowest BCUT2D eigenvalue weighted by Crippen LogP contribution is -2.36. The Morgan fingerprint density at radius 1 is 1.29 bits per heavy atom. The van der Waals surface area contributed by atoms with Gasteiger partial charge in [0.2, 0.25) is 5.91 Å². The van der Waals surface area contributed by atoms with Gasteiger partial charge >= 0.3 is 0 Å². The Bertz CT molecular complexity index is 613. The van der Waals surface area contributed by atoms with Gasteiger partial charge in [-0.3, -0.25) is 4.79 Å². The van der Waals surface area contributed by atoms with E-state index in [0.717, 1.165) is 32.4 Å². The lowest BCUT2D eigenvalue weighted by Gasteiger charge is -2.11. The minimum Gasteiger partial charge on any atom is -0.494 e. The number of rotatable bonds is 8. The van der Waals surface area contributed by atoms with Crippen molar-refractivity contribution in [3.8, 4) is 5.75 Å². The molecule has 1 unspecified atom stereocenters. The van der Waals surface area contributed by atoms with Gasteiger partial charge in [0.05, 0.1) is 11.5 Å². The van der Waals surface area contributed by atoms with E-state index in [1.54, 1.807) is 12.1 Å². The number of ether oxygens (including phenoxy) is 1. The van der Waals surface area contributed by atoms with E-state index in [2.05, 4.69) is 10.6 Å². The molecule has 0 spiro atoms. The average Bonchev–Trinajstić information content (AvgIpc) is 2.99. The third kappa shape index (κ3) is 7.07. The molecule has 24 heavy (non-hydrogen) atoms. The largest absolute Gasteiger partial charge is 0.494 e. The van der Waals surface area contributed by atoms with Crippen LogP contribution in [-0.2, 0) is 14.6 Å². The molecule has 0 bridgehead atoms. The number of carbonyl (C=O) groups excluding carboxylic acids is 1. The van der Waals surface area contributed by atoms with Crippen molar-refractivity contribution in [2.45, 2.75) is 36.6 Å². The Morgan fingerprint density at radius 2 is 2.00 bits per heavy atom. The summed E-state index contributed by atoms with van der Waals surface area (Å²) in [7, 11) is -3.17. The van der Waals surface area contributed by atoms with Crippen molar-refractivity contribution in [2.24, 2.45) is 0 Å². The second-order valence-electron chi connectivity index (χ2n) is 5.81. The summed E-state index contributed by atoms with van der Waals surface area (Å²) >= 11 is 0. The van der Waals surface area contributed by atoms with Crippen LogP contribution >= 0.6 is 12.4 Å². The molecule has 2 N–H and O–H groups in total. The first-order valence-electron chi connectivity index (χ1n) is 7.88. The summed E-state index contributed by atoms with van der Waals surface area (Å²) in [5.74, 6) is 0.732. The maximum atomic E-state index is 11.7. The zero-order chi connectivity index (χ0) is 16.7. The molecule has 1 aliphatic heterocycles. The molecule has 1 atom stereocenters. The lowest BCUT2D eigenvalue weighted by molar-refractivity contribution is -0.121. The van der Waals surface area contributed by atoms with E-state index in [0.29, 0.717) is 18.8 Å². The van der Waals surface area contributed by atoms with Crippen LogP contribution in [0.4, 0.5) is 0 Å². The number of hydrogen-bond donors (Lipinski definition) is 2. The Kier molecular flexibility index (Phi) is 8.52. The summed E-state index contributed by atoms with van der Waals surface area (Å²) in [5.41, 5.74) is 0. The van der Waals surface area contributed by atoms with E-state index >= 15 is 0 Å². The number of benzene rings is 1. The summed E-state index contributed by atoms with van der Waals surface area (Å²) in [4.78, 5) is 12.0. The summed E-state index contributed by atoms with van der Waals surface area (Å²) in [5, 5.41) is 6.22. The average molecular weight is 377 g/mol. The van der Waals surface area contributed by atoms with Gasteiger partial charge in [-0.25, -0.2) is 8.42 Å². The predicted octanol–water partition coefficient (Wildman–Crippen LogP) is 1.54. The fraction of sp³-hybridized carbons (Fsp3) is 0.562. The highest BCUT2D eigenvalue weighted by Gasteiger charge is 2.16. The molecule has 6 nitrogen and oxygen atoms in total. The summed E-state index contributed by atoms with van der Waals surface area (Å²) in [6, 6.07) is 6.64. The van der Waals surface area contributed by atoms with Gasteiger partial charge in [-0.2, -0.15) is 0 Å². The van der Waals surface area contributed by atoms with Gasteiger partial charge in [0.25, 0.3) is 0 Å². The number of unbranched alkanes of at least 4 members (excludes halogenated alkanes) is 1. The number of nitrogens with one attached hydrogen (secondary N) is 2. The molecule has 0 radical (unpaired) electrons. The highest BCUT2D eigenvalue weighted by molar-refractivity contribution is 7.90. The van der Waals surface area contributed by atoms with Crippen LogP contribution < -0.4 is 15.4 Å². The van der Waals surface area contributed by atoms with Crippen LogP contribution in [0.15, 0.2) is 29.2 Å². The molecule has 1 saturated heterocycles. The molecule has 1 fully saturated rings. The fourth-order valence-corrected chi connectivity index (χ4v) is 3.07. The minimum absolute atomic E-state index is 0. The van der Waals surface area contributed by atoms with Crippen molar-refractivity contribution in [1.29, 1.82) is 0 Å². The first kappa shape index (κ1) is 20.7. The molecule has 1 aromatic rings. The van der Waals surface area contributed by atoms with Crippen molar-refractivity contribution in [1.82, 2.24) is 10.6 Å². The van der Waals surface area contributed by atoms with Crippen LogP contribution in [0.25, 0.3) is 0 Å². The fourth-order valence-electron chi connectivity index (χ4n) is 2.44. The molecule has 1 aromatic carbocycles. The lowest BCUT2D eigenvalue weighted by atomic mass is 10.2. The van der Waals surface area contributed by atoms with Crippen LogP contribution in [0.5, 0.6) is 5.75 Å². The van der Waals surface area contributed by atoms with Crippen molar-refractivity contribution < 1.29 is 17.9 Å². The number of carbonyl (C=O) groups is 1. The molecule has 0 aromatic heterocycles. The van der Waals surface area contributed by atoms with Gasteiger partial charge in [-0.05, 0) is 50.1 Å². The summed E-state index contributed by atoms with van der Waals surface area (Å²) in [6.07, 6.45) is 4.23. The standard InChI is InChI=1S/C16H24N2O4S.ClH/c1-23(20,21)15-7-5-14(6-8-15)22-11-3-2-4-16(19)18-13-9-10-17-12-13;/h5-8,13,17H,2-4,9-12H2,1H3,(H,18,19);1H. The van der Waals surface area contributed by atoms with Crippen molar-refractivity contribution in [3.05, 3.63) is 24.3 Å². The summed E-state index contributed by atoms with van der Waals surface area (Å²) in [6.45, 7) is 2.34. The SMILES string of the molecule is CS(=O)(=O)c1ccc(OCCCCC(=O)NC2CCNC2)cc1.Cl. The Balaban J connectivity index is 0.00000288. The van der Waals surface area contributed by atoms with Crippen molar-refractivity contribution in [2.75, 3.05) is 26.0 Å². The Morgan fingerprint density at radius 3 is 2.58 bits per heavy atom. The van der Waals surface area contributed by atoms with Crippen LogP contribution in [0, 0.1) is 0 Å². The molecule has 0 aliphatic carbocycles. The highest BCUT2D eigenvalue weighted by Crippen LogP contribution is 2.16. The molecule has 1 heterocycles. The highest BCUT2D eigenvalue weighted by atomic mass is 35.5. The third-order valence-electron chi connectivity index (χ3n) is 3.74. The van der Waals surface area contributed by atoms with E-state index in [1.165, 1.54) is 18.4 Å². The van der Waals surface area contributed by atoms with Crippen LogP contribution in [-0.4, -0.2) is 46.3 Å². The molecule has 1 amide bonds. The number of halogens is 1. The molecule has 8 heteroatoms. The number of hydrogen-bond acceptors (Lipinski definition) is 5. The molecule has 0 saturated carbocycles. The van der Waals surface area contributed by atoms with E-state index in [1.807, 2.05) is 0 Å². The monoisotopic (exact) mass is 376 g/mol. The van der Waals surface area contributed by atoms with Crippen LogP contribution in [0.3, 0.4) is 0 Å². The second-order valence-corrected chi connectivity index (χ2v) is 7.82. The first-order chi connectivity index (χ1) is 10.9.